The lowest BCUT2D eigenvalue weighted by atomic mass is 10.2. The zero-order chi connectivity index (χ0) is 13.1. The van der Waals surface area contributed by atoms with Gasteiger partial charge in [0.15, 0.2) is 0 Å². The molecule has 4 nitrogen and oxygen atoms in total. The summed E-state index contributed by atoms with van der Waals surface area (Å²) in [6, 6.07) is 12.9. The molecule has 0 bridgehead atoms. The van der Waals surface area contributed by atoms with Gasteiger partial charge in [-0.1, -0.05) is 18.2 Å². The molecule has 0 aliphatic carbocycles. The maximum absolute atomic E-state index is 4.32. The third kappa shape index (κ3) is 2.52. The fourth-order valence-corrected chi connectivity index (χ4v) is 2.57. The van der Waals surface area contributed by atoms with E-state index in [1.165, 1.54) is 5.69 Å². The summed E-state index contributed by atoms with van der Waals surface area (Å²) in [7, 11) is 2.08. The van der Waals surface area contributed by atoms with E-state index in [4.69, 9.17) is 0 Å². The number of hydrogen-bond donors (Lipinski definition) is 0. The molecule has 1 atom stereocenters. The number of para-hydroxylation sites is 1. The molecule has 0 saturated carbocycles. The van der Waals surface area contributed by atoms with Gasteiger partial charge in [0, 0.05) is 38.2 Å². The first-order chi connectivity index (χ1) is 9.34. The average Bonchev–Trinajstić information content (AvgIpc) is 2.98. The van der Waals surface area contributed by atoms with E-state index in [1.54, 1.807) is 12.4 Å². The lowest BCUT2D eigenvalue weighted by Gasteiger charge is -2.25. The van der Waals surface area contributed by atoms with Crippen LogP contribution in [0.5, 0.6) is 0 Å². The Labute approximate surface area is 113 Å². The van der Waals surface area contributed by atoms with E-state index in [1.807, 2.05) is 6.07 Å². The molecule has 1 aromatic heterocycles. The topological polar surface area (TPSA) is 32.3 Å². The summed E-state index contributed by atoms with van der Waals surface area (Å²) in [4.78, 5) is 13.2. The number of aromatic nitrogens is 2. The first-order valence-electron chi connectivity index (χ1n) is 6.64. The van der Waals surface area contributed by atoms with Crippen LogP contribution >= 0.6 is 0 Å². The standard InChI is InChI=1S/C15H18N4/c1-18(15-16-9-5-10-17-15)14-8-11-19(12-14)13-6-3-2-4-7-13/h2-7,9-10,14H,8,11-12H2,1H3. The lowest BCUT2D eigenvalue weighted by molar-refractivity contribution is 0.674. The molecule has 0 radical (unpaired) electrons. The van der Waals surface area contributed by atoms with Crippen LogP contribution in [0.1, 0.15) is 6.42 Å². The molecule has 1 unspecified atom stereocenters. The fourth-order valence-electron chi connectivity index (χ4n) is 2.57. The van der Waals surface area contributed by atoms with Crippen molar-refractivity contribution in [3.8, 4) is 0 Å². The van der Waals surface area contributed by atoms with E-state index >= 15 is 0 Å². The molecule has 1 aliphatic rings. The predicted octanol–water partition coefficient (Wildman–Crippen LogP) is 2.19. The van der Waals surface area contributed by atoms with Gasteiger partial charge in [0.25, 0.3) is 0 Å². The second kappa shape index (κ2) is 5.26. The molecule has 0 spiro atoms. The van der Waals surface area contributed by atoms with Crippen molar-refractivity contribution in [2.24, 2.45) is 0 Å². The highest BCUT2D eigenvalue weighted by Crippen LogP contribution is 2.23. The molecule has 1 aliphatic heterocycles. The molecule has 4 heteroatoms. The van der Waals surface area contributed by atoms with E-state index < -0.39 is 0 Å². The van der Waals surface area contributed by atoms with Gasteiger partial charge in [-0.3, -0.25) is 0 Å². The average molecular weight is 254 g/mol. The van der Waals surface area contributed by atoms with E-state index in [9.17, 15) is 0 Å². The maximum atomic E-state index is 4.32. The minimum atomic E-state index is 0.475. The Balaban J connectivity index is 1.69. The monoisotopic (exact) mass is 254 g/mol. The van der Waals surface area contributed by atoms with Gasteiger partial charge in [0.2, 0.25) is 5.95 Å². The highest BCUT2D eigenvalue weighted by Gasteiger charge is 2.26. The van der Waals surface area contributed by atoms with Crippen LogP contribution in [0.4, 0.5) is 11.6 Å². The Morgan fingerprint density at radius 2 is 1.84 bits per heavy atom. The zero-order valence-corrected chi connectivity index (χ0v) is 11.1. The van der Waals surface area contributed by atoms with Crippen LogP contribution in [-0.2, 0) is 0 Å². The molecule has 19 heavy (non-hydrogen) atoms. The smallest absolute Gasteiger partial charge is 0.225 e. The van der Waals surface area contributed by atoms with Crippen molar-refractivity contribution in [3.63, 3.8) is 0 Å². The zero-order valence-electron chi connectivity index (χ0n) is 11.1. The fraction of sp³-hybridized carbons (Fsp3) is 0.333. The molecule has 1 saturated heterocycles. The molecule has 1 fully saturated rings. The summed E-state index contributed by atoms with van der Waals surface area (Å²) < 4.78 is 0. The van der Waals surface area contributed by atoms with Crippen LogP contribution in [0.3, 0.4) is 0 Å². The third-order valence-corrected chi connectivity index (χ3v) is 3.70. The Morgan fingerprint density at radius 1 is 1.11 bits per heavy atom. The molecule has 1 aromatic carbocycles. The molecule has 3 rings (SSSR count). The van der Waals surface area contributed by atoms with Crippen LogP contribution in [-0.4, -0.2) is 36.1 Å². The van der Waals surface area contributed by atoms with Gasteiger partial charge < -0.3 is 9.80 Å². The second-order valence-electron chi connectivity index (χ2n) is 4.88. The van der Waals surface area contributed by atoms with Crippen molar-refractivity contribution in [3.05, 3.63) is 48.8 Å². The Hall–Kier alpha value is -2.10. The first-order valence-corrected chi connectivity index (χ1v) is 6.64. The van der Waals surface area contributed by atoms with E-state index in [-0.39, 0.29) is 0 Å². The van der Waals surface area contributed by atoms with Crippen molar-refractivity contribution in [1.29, 1.82) is 0 Å². The van der Waals surface area contributed by atoms with Crippen molar-refractivity contribution in [1.82, 2.24) is 9.97 Å². The quantitative estimate of drug-likeness (QED) is 0.840. The summed E-state index contributed by atoms with van der Waals surface area (Å²) >= 11 is 0. The molecule has 2 aromatic rings. The van der Waals surface area contributed by atoms with Gasteiger partial charge in [-0.05, 0) is 24.6 Å². The Bertz CT molecular complexity index is 514. The van der Waals surface area contributed by atoms with Gasteiger partial charge in [0.1, 0.15) is 0 Å². The normalized spacial score (nSPS) is 18.6. The summed E-state index contributed by atoms with van der Waals surface area (Å²) in [5.74, 6) is 0.808. The van der Waals surface area contributed by atoms with Crippen molar-refractivity contribution in [2.45, 2.75) is 12.5 Å². The first kappa shape index (κ1) is 12.0. The van der Waals surface area contributed by atoms with Crippen LogP contribution in [0.15, 0.2) is 48.8 Å². The molecule has 2 heterocycles. The molecular formula is C15H18N4. The van der Waals surface area contributed by atoms with Gasteiger partial charge in [-0.2, -0.15) is 0 Å². The summed E-state index contributed by atoms with van der Waals surface area (Å²) in [6.45, 7) is 2.12. The van der Waals surface area contributed by atoms with E-state index in [2.05, 4.69) is 57.1 Å². The van der Waals surface area contributed by atoms with Crippen LogP contribution in [0, 0.1) is 0 Å². The number of hydrogen-bond acceptors (Lipinski definition) is 4. The summed E-state index contributed by atoms with van der Waals surface area (Å²) in [5.41, 5.74) is 1.30. The number of benzene rings is 1. The lowest BCUT2D eigenvalue weighted by Crippen LogP contribution is -2.35. The van der Waals surface area contributed by atoms with E-state index in [0.29, 0.717) is 6.04 Å². The number of nitrogens with zero attached hydrogens (tertiary/aromatic N) is 4. The summed E-state index contributed by atoms with van der Waals surface area (Å²) in [5, 5.41) is 0. The van der Waals surface area contributed by atoms with Gasteiger partial charge in [-0.25, -0.2) is 9.97 Å². The predicted molar refractivity (Wildman–Crippen MR) is 77.5 cm³/mol. The molecule has 98 valence electrons. The van der Waals surface area contributed by atoms with Crippen molar-refractivity contribution < 1.29 is 0 Å². The van der Waals surface area contributed by atoms with Crippen molar-refractivity contribution in [2.75, 3.05) is 29.9 Å². The second-order valence-corrected chi connectivity index (χ2v) is 4.88. The maximum Gasteiger partial charge on any atom is 0.225 e. The SMILES string of the molecule is CN(c1ncccn1)C1CCN(c2ccccc2)C1. The van der Waals surface area contributed by atoms with E-state index in [0.717, 1.165) is 25.5 Å². The number of rotatable bonds is 3. The summed E-state index contributed by atoms with van der Waals surface area (Å²) in [6.07, 6.45) is 4.73. The molecule has 0 amide bonds. The highest BCUT2D eigenvalue weighted by atomic mass is 15.3. The van der Waals surface area contributed by atoms with Gasteiger partial charge in [0.05, 0.1) is 6.04 Å². The largest absolute Gasteiger partial charge is 0.369 e. The minimum absolute atomic E-state index is 0.475. The van der Waals surface area contributed by atoms with Gasteiger partial charge in [-0.15, -0.1) is 0 Å². The van der Waals surface area contributed by atoms with Crippen molar-refractivity contribution >= 4 is 11.6 Å². The van der Waals surface area contributed by atoms with Crippen LogP contribution in [0.2, 0.25) is 0 Å². The van der Waals surface area contributed by atoms with Gasteiger partial charge >= 0.3 is 0 Å². The van der Waals surface area contributed by atoms with Crippen LogP contribution in [0.25, 0.3) is 0 Å². The minimum Gasteiger partial charge on any atom is -0.369 e. The highest BCUT2D eigenvalue weighted by molar-refractivity contribution is 5.48. The molecular weight excluding hydrogens is 236 g/mol. The Kier molecular flexibility index (Phi) is 3.31. The Morgan fingerprint density at radius 3 is 2.58 bits per heavy atom. The number of anilines is 2. The third-order valence-electron chi connectivity index (χ3n) is 3.70. The number of likely N-dealkylation sites (N-methyl/N-ethyl adjacent to an activating group) is 1. The van der Waals surface area contributed by atoms with Crippen LogP contribution < -0.4 is 9.80 Å². The molecule has 0 N–H and O–H groups in total.